The van der Waals surface area contributed by atoms with Crippen LogP contribution in [0.1, 0.15) is 103 Å². The molecule has 0 saturated heterocycles. The first-order valence-electron chi connectivity index (χ1n) is 22.4. The van der Waals surface area contributed by atoms with Gasteiger partial charge in [-0.3, -0.25) is 4.79 Å². The zero-order valence-corrected chi connectivity index (χ0v) is 45.9. The minimum absolute atomic E-state index is 0.00641. The molecule has 0 saturated carbocycles. The van der Waals surface area contributed by atoms with Gasteiger partial charge in [0, 0.05) is 26.5 Å². The average Bonchev–Trinajstić information content (AvgIpc) is 3.10. The molecule has 0 aromatic heterocycles. The molecule has 0 heterocycles. The lowest BCUT2D eigenvalue weighted by atomic mass is 9.87. The molecule has 0 radical (unpaired) electrons. The van der Waals surface area contributed by atoms with Crippen molar-refractivity contribution in [2.24, 2.45) is 5.41 Å². The second-order valence-corrected chi connectivity index (χ2v) is 42.4. The van der Waals surface area contributed by atoms with Crippen LogP contribution in [0.3, 0.4) is 0 Å². The Morgan fingerprint density at radius 2 is 1.18 bits per heavy atom. The highest BCUT2D eigenvalue weighted by Crippen LogP contribution is 2.41. The lowest BCUT2D eigenvalue weighted by molar-refractivity contribution is -0.125. The van der Waals surface area contributed by atoms with Gasteiger partial charge in [0.25, 0.3) is 8.32 Å². The van der Waals surface area contributed by atoms with Crippen molar-refractivity contribution < 1.29 is 27.5 Å². The minimum Gasteiger partial charge on any atom is -0.414 e. The first-order valence-corrected chi connectivity index (χ1v) is 33.9. The molecule has 2 aromatic rings. The molecule has 0 amide bonds. The van der Waals surface area contributed by atoms with Gasteiger partial charge in [0.15, 0.2) is 16.6 Å². The van der Waals surface area contributed by atoms with E-state index in [4.69, 9.17) is 22.8 Å². The Balaban J connectivity index is 2.74. The van der Waals surface area contributed by atoms with Crippen LogP contribution in [0.2, 0.25) is 67.0 Å². The molecular weight excluding hydrogens is 809 g/mol. The molecular formula is C50H88O6Si4. The molecule has 0 unspecified atom stereocenters. The molecule has 0 aliphatic heterocycles. The van der Waals surface area contributed by atoms with E-state index in [0.717, 1.165) is 11.6 Å². The predicted molar refractivity (Wildman–Crippen MR) is 268 cm³/mol. The van der Waals surface area contributed by atoms with Crippen LogP contribution < -0.4 is 10.4 Å². The van der Waals surface area contributed by atoms with Crippen molar-refractivity contribution in [1.29, 1.82) is 0 Å². The molecule has 60 heavy (non-hydrogen) atoms. The summed E-state index contributed by atoms with van der Waals surface area (Å²) in [6.45, 7) is 46.2. The molecule has 0 N–H and O–H groups in total. The fraction of sp³-hybridized carbons (Fsp3) is 0.660. The molecule has 0 aliphatic carbocycles. The van der Waals surface area contributed by atoms with E-state index in [1.54, 1.807) is 6.92 Å². The minimum atomic E-state index is -2.80. The quantitative estimate of drug-likeness (QED) is 0.0479. The summed E-state index contributed by atoms with van der Waals surface area (Å²) in [5.74, 6) is 0.120. The van der Waals surface area contributed by atoms with Crippen LogP contribution in [0, 0.1) is 5.41 Å². The highest BCUT2D eigenvalue weighted by atomic mass is 28.4. The summed E-state index contributed by atoms with van der Waals surface area (Å²) in [4.78, 5) is 12.8. The molecule has 0 fully saturated rings. The second kappa shape index (κ2) is 21.8. The van der Waals surface area contributed by atoms with Gasteiger partial charge in [-0.15, -0.1) is 0 Å². The maximum Gasteiger partial charge on any atom is 0.261 e. The van der Waals surface area contributed by atoms with Gasteiger partial charge >= 0.3 is 0 Å². The SMILES string of the molecule is CC(=O)C(C)(C)/C=C/C(=C/CO[Si](c1ccccc1)(c1ccccc1)C(C)(C)C)C[C@@H](C[C@@H](OCOCC[Si](C)(C)C)[C@@H](C)O[Si](C)(C)C(C)(C)C)O[Si](C)(C)C(C)(C)C. The molecule has 0 aliphatic rings. The Bertz CT molecular complexity index is 1620. The number of carbonyl (C=O) groups excluding carboxylic acids is 1. The van der Waals surface area contributed by atoms with Gasteiger partial charge in [-0.1, -0.05) is 161 Å². The topological polar surface area (TPSA) is 63.2 Å². The third-order valence-electron chi connectivity index (χ3n) is 13.1. The van der Waals surface area contributed by atoms with Crippen molar-refractivity contribution in [3.8, 4) is 0 Å². The van der Waals surface area contributed by atoms with Crippen LogP contribution in [-0.4, -0.2) is 77.1 Å². The van der Waals surface area contributed by atoms with Crippen molar-refractivity contribution in [3.05, 3.63) is 84.5 Å². The molecule has 0 spiro atoms. The van der Waals surface area contributed by atoms with Crippen LogP contribution in [0.25, 0.3) is 0 Å². The van der Waals surface area contributed by atoms with Gasteiger partial charge < -0.3 is 22.8 Å². The van der Waals surface area contributed by atoms with Crippen LogP contribution in [0.15, 0.2) is 84.5 Å². The van der Waals surface area contributed by atoms with Gasteiger partial charge in [0.05, 0.1) is 24.9 Å². The van der Waals surface area contributed by atoms with Crippen LogP contribution in [0.5, 0.6) is 0 Å². The first-order chi connectivity index (χ1) is 27.3. The number of allylic oxidation sites excluding steroid dienone is 2. The van der Waals surface area contributed by atoms with E-state index in [1.165, 1.54) is 10.4 Å². The summed E-state index contributed by atoms with van der Waals surface area (Å²) >= 11 is 0. The maximum atomic E-state index is 12.8. The highest BCUT2D eigenvalue weighted by molar-refractivity contribution is 6.99. The van der Waals surface area contributed by atoms with Crippen molar-refractivity contribution >= 4 is 49.2 Å². The molecule has 340 valence electrons. The summed E-state index contributed by atoms with van der Waals surface area (Å²) in [7, 11) is -8.47. The van der Waals surface area contributed by atoms with Crippen LogP contribution in [0.4, 0.5) is 0 Å². The summed E-state index contributed by atoms with van der Waals surface area (Å²) in [6, 6.07) is 22.7. The van der Waals surface area contributed by atoms with E-state index in [1.807, 2.05) is 13.8 Å². The van der Waals surface area contributed by atoms with E-state index in [9.17, 15) is 4.79 Å². The molecule has 6 nitrogen and oxygen atoms in total. The van der Waals surface area contributed by atoms with E-state index in [0.29, 0.717) is 26.1 Å². The average molecular weight is 898 g/mol. The standard InChI is InChI=1S/C50H88O6Si4/c1-40(55-58(17,18)47(3,4)5)46(53-39-52-35-36-57(14,15)16)38-43(56-59(19,20)48(6,7)8)37-42(31-33-50(12,13)41(2)51)32-34-54-60(49(9,10)11,44-27-23-21-24-28-44)45-29-25-22-26-30-45/h21-33,40,43,46H,34-39H2,1-20H3/b33-31+,42-32-/t40-,43+,46-/m1/s1. The number of rotatable bonds is 23. The van der Waals surface area contributed by atoms with Gasteiger partial charge in [-0.2, -0.15) is 0 Å². The van der Waals surface area contributed by atoms with E-state index in [2.05, 4.69) is 194 Å². The molecule has 2 rings (SSSR count). The lowest BCUT2D eigenvalue weighted by Crippen LogP contribution is -2.66. The fourth-order valence-corrected chi connectivity index (χ4v) is 14.7. The van der Waals surface area contributed by atoms with Gasteiger partial charge in [0.2, 0.25) is 0 Å². The van der Waals surface area contributed by atoms with E-state index in [-0.39, 0.29) is 46.0 Å². The summed E-state index contributed by atoms with van der Waals surface area (Å²) in [5, 5.41) is 2.37. The van der Waals surface area contributed by atoms with Gasteiger partial charge in [-0.05, 0) is 97.4 Å². The zero-order valence-electron chi connectivity index (χ0n) is 41.9. The summed E-state index contributed by atoms with van der Waals surface area (Å²) < 4.78 is 34.7. The fourth-order valence-electron chi connectivity index (χ4n) is 6.66. The first kappa shape index (κ1) is 54.4. The van der Waals surface area contributed by atoms with Crippen LogP contribution in [-0.2, 0) is 27.5 Å². The highest BCUT2D eigenvalue weighted by Gasteiger charge is 2.50. The van der Waals surface area contributed by atoms with Crippen molar-refractivity contribution in [1.82, 2.24) is 0 Å². The number of benzene rings is 2. The van der Waals surface area contributed by atoms with E-state index >= 15 is 0 Å². The lowest BCUT2D eigenvalue weighted by Gasteiger charge is -2.43. The smallest absolute Gasteiger partial charge is 0.261 e. The summed E-state index contributed by atoms with van der Waals surface area (Å²) in [5.41, 5.74) is 0.451. The second-order valence-electron chi connectivity index (χ2n) is 22.9. The molecule has 2 aromatic carbocycles. The number of ketones is 1. The Kier molecular flexibility index (Phi) is 19.7. The molecule has 0 bridgehead atoms. The Hall–Kier alpha value is -1.74. The number of ether oxygens (including phenoxy) is 2. The van der Waals surface area contributed by atoms with Crippen molar-refractivity contribution in [2.75, 3.05) is 20.0 Å². The van der Waals surface area contributed by atoms with Crippen LogP contribution >= 0.6 is 0 Å². The number of Topliss-reactive ketones (excluding diaryl/α,β-unsaturated/α-hetero) is 1. The molecule has 3 atom stereocenters. The summed E-state index contributed by atoms with van der Waals surface area (Å²) in [6.07, 6.45) is 7.08. The monoisotopic (exact) mass is 897 g/mol. The normalized spacial score (nSPS) is 16.0. The third kappa shape index (κ3) is 16.1. The van der Waals surface area contributed by atoms with Crippen molar-refractivity contribution in [3.63, 3.8) is 0 Å². The number of hydrogen-bond acceptors (Lipinski definition) is 6. The number of carbonyl (C=O) groups is 1. The van der Waals surface area contributed by atoms with Gasteiger partial charge in [0.1, 0.15) is 12.6 Å². The Morgan fingerprint density at radius 1 is 0.700 bits per heavy atom. The molecule has 10 heteroatoms. The maximum absolute atomic E-state index is 12.8. The Labute approximate surface area is 373 Å². The largest absolute Gasteiger partial charge is 0.414 e. The third-order valence-corrected chi connectivity index (χ3v) is 28.9. The zero-order chi connectivity index (χ0) is 46.0. The number of hydrogen-bond donors (Lipinski definition) is 0. The predicted octanol–water partition coefficient (Wildman–Crippen LogP) is 12.9. The van der Waals surface area contributed by atoms with Gasteiger partial charge in [-0.25, -0.2) is 0 Å². The van der Waals surface area contributed by atoms with Crippen molar-refractivity contribution in [2.45, 2.75) is 188 Å². The van der Waals surface area contributed by atoms with E-state index < -0.39 is 38.4 Å². The Morgan fingerprint density at radius 3 is 1.62 bits per heavy atom.